The van der Waals surface area contributed by atoms with Crippen LogP contribution < -0.4 is 5.73 Å². The lowest BCUT2D eigenvalue weighted by Crippen LogP contribution is -2.04. The molecule has 0 radical (unpaired) electrons. The average Bonchev–Trinajstić information content (AvgIpc) is 2.34. The molecule has 0 bridgehead atoms. The van der Waals surface area contributed by atoms with Crippen molar-refractivity contribution >= 4 is 27.7 Å². The molecule has 0 amide bonds. The fourth-order valence-electron chi connectivity index (χ4n) is 1.56. The Bertz CT molecular complexity index is 602. The molecule has 0 aromatic heterocycles. The second kappa shape index (κ2) is 6.03. The van der Waals surface area contributed by atoms with Gasteiger partial charge in [-0.3, -0.25) is 0 Å². The van der Waals surface area contributed by atoms with Gasteiger partial charge in [-0.25, -0.2) is 8.78 Å². The molecule has 1 nitrogen and oxygen atoms in total. The zero-order valence-electron chi connectivity index (χ0n) is 10.2. The number of halogens is 3. The smallest absolute Gasteiger partial charge is 0.140 e. The summed E-state index contributed by atoms with van der Waals surface area (Å²) in [5, 5.41) is 0. The van der Waals surface area contributed by atoms with Crippen molar-refractivity contribution in [2.45, 2.75) is 22.8 Å². The van der Waals surface area contributed by atoms with Crippen LogP contribution in [0.1, 0.15) is 18.5 Å². The van der Waals surface area contributed by atoms with Gasteiger partial charge in [0.25, 0.3) is 0 Å². The molecule has 0 heterocycles. The summed E-state index contributed by atoms with van der Waals surface area (Å²) in [5.74, 6) is -1.14. The maximum atomic E-state index is 13.6. The molecule has 2 aromatic carbocycles. The Morgan fingerprint density at radius 2 is 1.79 bits per heavy atom. The topological polar surface area (TPSA) is 26.0 Å². The lowest BCUT2D eigenvalue weighted by molar-refractivity contribution is 0.565. The molecule has 0 unspecified atom stereocenters. The molecular weight excluding hydrogens is 332 g/mol. The highest BCUT2D eigenvalue weighted by Gasteiger charge is 2.09. The van der Waals surface area contributed by atoms with Crippen LogP contribution in [0.25, 0.3) is 0 Å². The minimum Gasteiger partial charge on any atom is -0.324 e. The second-order valence-corrected chi connectivity index (χ2v) is 6.09. The fourth-order valence-corrected chi connectivity index (χ4v) is 3.02. The third-order valence-corrected chi connectivity index (χ3v) is 4.64. The van der Waals surface area contributed by atoms with Crippen molar-refractivity contribution in [1.29, 1.82) is 0 Å². The summed E-state index contributed by atoms with van der Waals surface area (Å²) in [6.45, 7) is 1.90. The van der Waals surface area contributed by atoms with E-state index in [1.54, 1.807) is 0 Å². The normalized spacial score (nSPS) is 12.5. The minimum absolute atomic E-state index is 0.0575. The van der Waals surface area contributed by atoms with Crippen molar-refractivity contribution in [1.82, 2.24) is 0 Å². The first-order valence-corrected chi connectivity index (χ1v) is 7.26. The van der Waals surface area contributed by atoms with Crippen molar-refractivity contribution in [3.63, 3.8) is 0 Å². The summed E-state index contributed by atoms with van der Waals surface area (Å²) >= 11 is 4.68. The maximum Gasteiger partial charge on any atom is 0.140 e. The monoisotopic (exact) mass is 343 g/mol. The Balaban J connectivity index is 2.28. The van der Waals surface area contributed by atoms with Gasteiger partial charge >= 0.3 is 0 Å². The van der Waals surface area contributed by atoms with Crippen LogP contribution in [0.2, 0.25) is 0 Å². The molecule has 19 heavy (non-hydrogen) atoms. The number of hydrogen-bond acceptors (Lipinski definition) is 2. The molecule has 0 aliphatic carbocycles. The van der Waals surface area contributed by atoms with Crippen molar-refractivity contribution in [3.05, 3.63) is 58.1 Å². The van der Waals surface area contributed by atoms with Gasteiger partial charge in [0.1, 0.15) is 11.6 Å². The quantitative estimate of drug-likeness (QED) is 0.857. The first kappa shape index (κ1) is 14.5. The van der Waals surface area contributed by atoms with Crippen molar-refractivity contribution < 1.29 is 8.78 Å². The lowest BCUT2D eigenvalue weighted by Gasteiger charge is -2.10. The van der Waals surface area contributed by atoms with Crippen LogP contribution >= 0.6 is 27.7 Å². The van der Waals surface area contributed by atoms with Crippen LogP contribution in [-0.2, 0) is 0 Å². The van der Waals surface area contributed by atoms with E-state index in [0.717, 1.165) is 21.0 Å². The molecule has 1 atom stereocenters. The standard InChI is InChI=1S/C14H12BrF2NS/c1-8(18)9-2-4-13(11(15)6-9)19-14-5-3-10(16)7-12(14)17/h2-8H,18H2,1H3/t8-/m1/s1. The van der Waals surface area contributed by atoms with E-state index >= 15 is 0 Å². The highest BCUT2D eigenvalue weighted by molar-refractivity contribution is 9.10. The van der Waals surface area contributed by atoms with Gasteiger partial charge in [0.15, 0.2) is 0 Å². The molecule has 0 saturated heterocycles. The van der Waals surface area contributed by atoms with Gasteiger partial charge in [0.05, 0.1) is 0 Å². The van der Waals surface area contributed by atoms with Gasteiger partial charge < -0.3 is 5.73 Å². The Morgan fingerprint density at radius 3 is 2.37 bits per heavy atom. The van der Waals surface area contributed by atoms with Crippen LogP contribution in [0.5, 0.6) is 0 Å². The zero-order valence-corrected chi connectivity index (χ0v) is 12.6. The molecule has 100 valence electrons. The molecule has 0 aliphatic rings. The first-order chi connectivity index (χ1) is 8.97. The number of benzene rings is 2. The molecule has 0 fully saturated rings. The van der Waals surface area contributed by atoms with E-state index in [-0.39, 0.29) is 6.04 Å². The largest absolute Gasteiger partial charge is 0.324 e. The summed E-state index contributed by atoms with van der Waals surface area (Å²) < 4.78 is 27.3. The van der Waals surface area contributed by atoms with Crippen LogP contribution in [0, 0.1) is 11.6 Å². The van der Waals surface area contributed by atoms with Crippen molar-refractivity contribution in [2.75, 3.05) is 0 Å². The van der Waals surface area contributed by atoms with Crippen LogP contribution in [-0.4, -0.2) is 0 Å². The van der Waals surface area contributed by atoms with Crippen LogP contribution in [0.15, 0.2) is 50.7 Å². The molecule has 0 spiro atoms. The van der Waals surface area contributed by atoms with Gasteiger partial charge in [-0.15, -0.1) is 0 Å². The number of rotatable bonds is 3. The second-order valence-electron chi connectivity index (χ2n) is 4.16. The van der Waals surface area contributed by atoms with Crippen molar-refractivity contribution in [2.24, 2.45) is 5.73 Å². The molecule has 0 aliphatic heterocycles. The Hall–Kier alpha value is -0.910. The van der Waals surface area contributed by atoms with Gasteiger partial charge in [-0.2, -0.15) is 0 Å². The molecular formula is C14H12BrF2NS. The van der Waals surface area contributed by atoms with E-state index in [4.69, 9.17) is 5.73 Å². The Morgan fingerprint density at radius 1 is 1.11 bits per heavy atom. The van der Waals surface area contributed by atoms with Gasteiger partial charge in [0.2, 0.25) is 0 Å². The van der Waals surface area contributed by atoms with E-state index < -0.39 is 11.6 Å². The summed E-state index contributed by atoms with van der Waals surface area (Å²) in [6.07, 6.45) is 0. The van der Waals surface area contributed by atoms with Gasteiger partial charge in [0, 0.05) is 26.4 Å². The molecule has 2 aromatic rings. The SMILES string of the molecule is C[C@@H](N)c1ccc(Sc2ccc(F)cc2F)c(Br)c1. The highest BCUT2D eigenvalue weighted by atomic mass is 79.9. The summed E-state index contributed by atoms with van der Waals surface area (Å²) in [4.78, 5) is 1.24. The molecule has 5 heteroatoms. The number of hydrogen-bond donors (Lipinski definition) is 1. The minimum atomic E-state index is -0.576. The highest BCUT2D eigenvalue weighted by Crippen LogP contribution is 2.36. The van der Waals surface area contributed by atoms with Crippen molar-refractivity contribution in [3.8, 4) is 0 Å². The third-order valence-electron chi connectivity index (χ3n) is 2.60. The average molecular weight is 344 g/mol. The summed E-state index contributed by atoms with van der Waals surface area (Å²) in [6, 6.07) is 9.19. The summed E-state index contributed by atoms with van der Waals surface area (Å²) in [5.41, 5.74) is 6.79. The lowest BCUT2D eigenvalue weighted by atomic mass is 10.1. The predicted molar refractivity (Wildman–Crippen MR) is 77.2 cm³/mol. The van der Waals surface area contributed by atoms with Gasteiger partial charge in [-0.1, -0.05) is 17.8 Å². The molecule has 2 N–H and O–H groups in total. The van der Waals surface area contributed by atoms with E-state index in [9.17, 15) is 8.78 Å². The van der Waals surface area contributed by atoms with E-state index in [1.165, 1.54) is 23.9 Å². The van der Waals surface area contributed by atoms with Crippen LogP contribution in [0.4, 0.5) is 8.78 Å². The van der Waals surface area contributed by atoms with E-state index in [2.05, 4.69) is 15.9 Å². The molecule has 2 rings (SSSR count). The molecule has 0 saturated carbocycles. The maximum absolute atomic E-state index is 13.6. The van der Waals surface area contributed by atoms with E-state index in [0.29, 0.717) is 4.90 Å². The van der Waals surface area contributed by atoms with Crippen LogP contribution in [0.3, 0.4) is 0 Å². The fraction of sp³-hybridized carbons (Fsp3) is 0.143. The number of nitrogens with two attached hydrogens (primary N) is 1. The third kappa shape index (κ3) is 3.55. The van der Waals surface area contributed by atoms with Gasteiger partial charge in [-0.05, 0) is 52.7 Å². The zero-order chi connectivity index (χ0) is 14.0. The predicted octanol–water partition coefficient (Wildman–Crippen LogP) is 4.90. The summed E-state index contributed by atoms with van der Waals surface area (Å²) in [7, 11) is 0. The Kier molecular flexibility index (Phi) is 4.60. The Labute approximate surface area is 123 Å². The first-order valence-electron chi connectivity index (χ1n) is 5.65. The van der Waals surface area contributed by atoms with E-state index in [1.807, 2.05) is 25.1 Å².